The van der Waals surface area contributed by atoms with E-state index >= 15 is 0 Å². The summed E-state index contributed by atoms with van der Waals surface area (Å²) >= 11 is 0. The molecule has 1 aromatic heterocycles. The summed E-state index contributed by atoms with van der Waals surface area (Å²) in [4.78, 5) is 60.3. The average molecular weight is 817 g/mol. The van der Waals surface area contributed by atoms with E-state index in [1.165, 1.54) is 4.90 Å². The van der Waals surface area contributed by atoms with Crippen LogP contribution in [-0.2, 0) is 45.7 Å². The highest BCUT2D eigenvalue weighted by Crippen LogP contribution is 2.41. The monoisotopic (exact) mass is 816 g/mol. The van der Waals surface area contributed by atoms with Crippen LogP contribution in [0.3, 0.4) is 0 Å². The summed E-state index contributed by atoms with van der Waals surface area (Å²) in [5.74, 6) is -0.253. The van der Waals surface area contributed by atoms with Crippen LogP contribution in [0.1, 0.15) is 89.0 Å². The lowest BCUT2D eigenvalue weighted by molar-refractivity contribution is -0.133. The van der Waals surface area contributed by atoms with Gasteiger partial charge in [0.2, 0.25) is 17.7 Å². The number of unbranched alkanes of at least 4 members (excludes halogenated alkanes) is 6. The Labute approximate surface area is 328 Å². The predicted molar refractivity (Wildman–Crippen MR) is 211 cm³/mol. The summed E-state index contributed by atoms with van der Waals surface area (Å²) in [5.41, 5.74) is 5.14. The van der Waals surface area contributed by atoms with Gasteiger partial charge in [-0.2, -0.15) is 0 Å². The van der Waals surface area contributed by atoms with Crippen LogP contribution < -0.4 is 10.2 Å². The largest absolute Gasteiger partial charge is 0.394 e. The molecular formula is C38H54N6O10P2. The van der Waals surface area contributed by atoms with E-state index in [1.807, 2.05) is 58.1 Å². The Morgan fingerprint density at radius 1 is 0.821 bits per heavy atom. The number of aromatic nitrogens is 3. The molecule has 306 valence electrons. The van der Waals surface area contributed by atoms with Crippen LogP contribution in [0.2, 0.25) is 0 Å². The molecule has 2 unspecified atom stereocenters. The number of fused-ring (bicyclic) bond motifs is 5. The zero-order valence-electron chi connectivity index (χ0n) is 31.6. The molecule has 4 atom stereocenters. The minimum absolute atomic E-state index is 0.0416. The molecule has 18 heteroatoms. The Balaban J connectivity index is 1.07. The van der Waals surface area contributed by atoms with Gasteiger partial charge in [-0.25, -0.2) is 4.68 Å². The highest BCUT2D eigenvalue weighted by Gasteiger charge is 2.36. The molecular weight excluding hydrogens is 762 g/mol. The molecule has 2 aromatic carbocycles. The molecule has 1 fully saturated rings. The van der Waals surface area contributed by atoms with Crippen molar-refractivity contribution in [2.75, 3.05) is 31.2 Å². The molecule has 3 aromatic rings. The Bertz CT molecular complexity index is 1830. The Morgan fingerprint density at radius 2 is 1.52 bits per heavy atom. The van der Waals surface area contributed by atoms with Gasteiger partial charge in [0.1, 0.15) is 5.69 Å². The number of aryl methyl sites for hydroxylation is 1. The maximum Gasteiger partial charge on any atom is 0.316 e. The lowest BCUT2D eigenvalue weighted by Gasteiger charge is -2.28. The van der Waals surface area contributed by atoms with E-state index in [0.717, 1.165) is 53.8 Å². The van der Waals surface area contributed by atoms with Crippen LogP contribution >= 0.6 is 16.5 Å². The van der Waals surface area contributed by atoms with Gasteiger partial charge in [-0.05, 0) is 56.6 Å². The molecule has 16 nitrogen and oxygen atoms in total. The fourth-order valence-electron chi connectivity index (χ4n) is 7.39. The second kappa shape index (κ2) is 22.3. The Kier molecular flexibility index (Phi) is 17.2. The first-order chi connectivity index (χ1) is 27.2. The van der Waals surface area contributed by atoms with Crippen molar-refractivity contribution in [3.63, 3.8) is 0 Å². The first kappa shape index (κ1) is 43.4. The van der Waals surface area contributed by atoms with Crippen molar-refractivity contribution in [2.24, 2.45) is 0 Å². The third kappa shape index (κ3) is 12.4. The molecule has 2 aliphatic heterocycles. The number of aliphatic hydroxyl groups is 1. The maximum absolute atomic E-state index is 13.9. The quantitative estimate of drug-likeness (QED) is 0.0778. The van der Waals surface area contributed by atoms with Crippen molar-refractivity contribution in [1.82, 2.24) is 25.2 Å². The number of hydrogen-bond donors (Lipinski definition) is 4. The normalized spacial score (nSPS) is 17.3. The van der Waals surface area contributed by atoms with Crippen LogP contribution in [0, 0.1) is 0 Å². The third-order valence-corrected chi connectivity index (χ3v) is 11.2. The van der Waals surface area contributed by atoms with Crippen molar-refractivity contribution >= 4 is 39.9 Å². The molecule has 0 spiro atoms. The molecule has 0 aliphatic carbocycles. The van der Waals surface area contributed by atoms with Gasteiger partial charge in [0.25, 0.3) is 0 Å². The van der Waals surface area contributed by atoms with Gasteiger partial charge < -0.3 is 39.1 Å². The van der Waals surface area contributed by atoms with Crippen molar-refractivity contribution < 1.29 is 47.5 Å². The summed E-state index contributed by atoms with van der Waals surface area (Å²) < 4.78 is 33.5. The molecule has 5 rings (SSSR count). The number of benzene rings is 2. The van der Waals surface area contributed by atoms with Gasteiger partial charge in [0, 0.05) is 50.0 Å². The van der Waals surface area contributed by atoms with Gasteiger partial charge in [0.15, 0.2) is 0 Å². The number of nitrogens with one attached hydrogen (secondary N) is 1. The Morgan fingerprint density at radius 3 is 2.30 bits per heavy atom. The number of hydrogen-bond acceptors (Lipinski definition) is 10. The zero-order valence-corrected chi connectivity index (χ0v) is 33.6. The fourth-order valence-corrected chi connectivity index (χ4v) is 8.16. The first-order valence-corrected chi connectivity index (χ1v) is 22.0. The van der Waals surface area contributed by atoms with Crippen LogP contribution in [0.5, 0.6) is 0 Å². The lowest BCUT2D eigenvalue weighted by atomic mass is 9.95. The van der Waals surface area contributed by atoms with E-state index in [-0.39, 0.29) is 50.3 Å². The van der Waals surface area contributed by atoms with Gasteiger partial charge >= 0.3 is 16.5 Å². The molecule has 4 N–H and O–H groups in total. The number of amides is 3. The lowest BCUT2D eigenvalue weighted by Crippen LogP contribution is -2.37. The molecule has 0 saturated carbocycles. The Hall–Kier alpha value is -3.75. The highest BCUT2D eigenvalue weighted by molar-refractivity contribution is 7.32. The second-order valence-corrected chi connectivity index (χ2v) is 15.8. The van der Waals surface area contributed by atoms with Gasteiger partial charge in [0.05, 0.1) is 43.3 Å². The van der Waals surface area contributed by atoms with E-state index in [0.29, 0.717) is 70.3 Å². The number of anilines is 1. The standard InChI is InChI=1S/C38H54N6O10P2/c45-27-29-24-30(54-56(51)52)26-42(29)35(47)19-4-3-11-21-39-34(46)18-9-10-20-36(48)43-25-28-14-5-6-15-31(28)38-37(32-16-7-8-17-33(32)43)40-41-44(38)22-12-1-2-13-23-53-55(49)50/h5-8,14-17,29-30,45,55-56H,1-4,9-13,18-27H2,(H,39,46)(H,49,50)(H,51,52)/t29-,30+/m0/s1. The van der Waals surface area contributed by atoms with E-state index in [2.05, 4.69) is 15.6 Å². The number of aliphatic hydroxyl groups excluding tert-OH is 1. The maximum atomic E-state index is 13.9. The van der Waals surface area contributed by atoms with E-state index in [9.17, 15) is 28.6 Å². The predicted octanol–water partition coefficient (Wildman–Crippen LogP) is 5.02. The summed E-state index contributed by atoms with van der Waals surface area (Å²) in [5, 5.41) is 21.7. The van der Waals surface area contributed by atoms with Crippen molar-refractivity contribution in [2.45, 2.75) is 109 Å². The second-order valence-electron chi connectivity index (χ2n) is 14.2. The highest BCUT2D eigenvalue weighted by atomic mass is 31.1. The molecule has 2 aliphatic rings. The number of likely N-dealkylation sites (tertiary alicyclic amines) is 1. The number of rotatable bonds is 22. The minimum atomic E-state index is -3.12. The number of nitrogens with zero attached hydrogens (tertiary/aromatic N) is 5. The summed E-state index contributed by atoms with van der Waals surface area (Å²) in [7, 11) is -6.01. The molecule has 3 amide bonds. The smallest absolute Gasteiger partial charge is 0.316 e. The molecule has 0 bridgehead atoms. The van der Waals surface area contributed by atoms with Gasteiger partial charge in [-0.1, -0.05) is 66.9 Å². The van der Waals surface area contributed by atoms with E-state index in [1.54, 1.807) is 0 Å². The summed E-state index contributed by atoms with van der Waals surface area (Å²) in [6.45, 7) is 1.73. The molecule has 1 saturated heterocycles. The van der Waals surface area contributed by atoms with Crippen LogP contribution in [0.25, 0.3) is 22.5 Å². The fraction of sp³-hybridized carbons (Fsp3) is 0.553. The van der Waals surface area contributed by atoms with Crippen LogP contribution in [-0.4, -0.2) is 91.0 Å². The number of carbonyl (C=O) groups is 3. The molecule has 56 heavy (non-hydrogen) atoms. The SMILES string of the molecule is O=C(CCCCC(=O)N1Cc2ccccc2-c2c(nnn2CCCCCCO[PH](=O)O)-c2ccccc21)NCCCCCC(=O)N1C[C@H](O[PH](=O)O)C[C@H]1CO. The van der Waals surface area contributed by atoms with Crippen molar-refractivity contribution in [3.05, 3.63) is 54.1 Å². The van der Waals surface area contributed by atoms with Gasteiger partial charge in [-0.15, -0.1) is 5.10 Å². The van der Waals surface area contributed by atoms with Crippen molar-refractivity contribution in [1.29, 1.82) is 0 Å². The zero-order chi connectivity index (χ0) is 39.9. The van der Waals surface area contributed by atoms with Gasteiger partial charge in [-0.3, -0.25) is 23.5 Å². The first-order valence-electron chi connectivity index (χ1n) is 19.5. The van der Waals surface area contributed by atoms with Crippen molar-refractivity contribution in [3.8, 4) is 22.5 Å². The number of para-hydroxylation sites is 1. The van der Waals surface area contributed by atoms with E-state index < -0.39 is 28.7 Å². The van der Waals surface area contributed by atoms with Crippen LogP contribution in [0.15, 0.2) is 48.5 Å². The van der Waals surface area contributed by atoms with E-state index in [4.69, 9.17) is 18.8 Å². The number of carbonyl (C=O) groups excluding carboxylic acids is 3. The topological polar surface area (TPSA) is 214 Å². The average Bonchev–Trinajstić information content (AvgIpc) is 3.79. The molecule has 0 radical (unpaired) electrons. The third-order valence-electron chi connectivity index (χ3n) is 10.2. The molecule has 3 heterocycles. The van der Waals surface area contributed by atoms with Crippen LogP contribution in [0.4, 0.5) is 5.69 Å². The minimum Gasteiger partial charge on any atom is -0.394 e. The summed E-state index contributed by atoms with van der Waals surface area (Å²) in [6, 6.07) is 15.3. The summed E-state index contributed by atoms with van der Waals surface area (Å²) in [6.07, 6.45) is 7.13.